The Balaban J connectivity index is 0.00000133. The van der Waals surface area contributed by atoms with Crippen molar-refractivity contribution in [2.75, 3.05) is 12.4 Å². The van der Waals surface area contributed by atoms with Gasteiger partial charge in [-0.25, -0.2) is 4.98 Å². The lowest BCUT2D eigenvalue weighted by Gasteiger charge is -2.08. The normalized spacial score (nSPS) is 10.2. The Morgan fingerprint density at radius 2 is 1.68 bits per heavy atom. The molecule has 98 valence electrons. The van der Waals surface area contributed by atoms with Gasteiger partial charge in [0.1, 0.15) is 0 Å². The Labute approximate surface area is 118 Å². The number of fused-ring (bicyclic) bond motifs is 1. The van der Waals surface area contributed by atoms with E-state index in [1.165, 1.54) is 5.56 Å². The predicted molar refractivity (Wildman–Crippen MR) is 82.1 cm³/mol. The highest BCUT2D eigenvalue weighted by Gasteiger charge is 2.08. The number of imidazole rings is 1. The quantitative estimate of drug-likeness (QED) is 0.791. The van der Waals surface area contributed by atoms with Gasteiger partial charge < -0.3 is 9.88 Å². The minimum absolute atomic E-state index is 0. The summed E-state index contributed by atoms with van der Waals surface area (Å²) in [6.45, 7) is 0.831. The van der Waals surface area contributed by atoms with Crippen molar-refractivity contribution in [3.05, 3.63) is 60.2 Å². The first-order valence-electron chi connectivity index (χ1n) is 6.05. The van der Waals surface area contributed by atoms with Gasteiger partial charge in [-0.2, -0.15) is 0 Å². The highest BCUT2D eigenvalue weighted by molar-refractivity contribution is 5.85. The fraction of sp³-hybridized carbons (Fsp3) is 0.133. The van der Waals surface area contributed by atoms with Gasteiger partial charge in [-0.3, -0.25) is 0 Å². The molecular weight excluding hydrogens is 258 g/mol. The van der Waals surface area contributed by atoms with E-state index in [1.54, 1.807) is 0 Å². The van der Waals surface area contributed by atoms with Crippen LogP contribution in [-0.2, 0) is 6.54 Å². The van der Waals surface area contributed by atoms with Gasteiger partial charge in [0.2, 0.25) is 5.95 Å². The molecule has 19 heavy (non-hydrogen) atoms. The van der Waals surface area contributed by atoms with Crippen LogP contribution in [0.4, 0.5) is 5.95 Å². The molecule has 0 amide bonds. The SMILES string of the molecule is CNc1nc2ccccc2n1Cc1ccccc1.Cl. The first-order valence-corrected chi connectivity index (χ1v) is 6.05. The first-order chi connectivity index (χ1) is 8.88. The molecule has 0 saturated heterocycles. The molecular formula is C15H16ClN3. The highest BCUT2D eigenvalue weighted by Crippen LogP contribution is 2.20. The number of aromatic nitrogens is 2. The second kappa shape index (κ2) is 5.76. The van der Waals surface area contributed by atoms with E-state index in [1.807, 2.05) is 31.3 Å². The van der Waals surface area contributed by atoms with Crippen molar-refractivity contribution >= 4 is 29.4 Å². The Hall–Kier alpha value is -2.00. The monoisotopic (exact) mass is 273 g/mol. The van der Waals surface area contributed by atoms with E-state index in [2.05, 4.69) is 45.2 Å². The summed E-state index contributed by atoms with van der Waals surface area (Å²) in [6, 6.07) is 18.6. The van der Waals surface area contributed by atoms with E-state index in [0.29, 0.717) is 0 Å². The van der Waals surface area contributed by atoms with Gasteiger partial charge >= 0.3 is 0 Å². The molecule has 0 aliphatic rings. The molecule has 0 aliphatic carbocycles. The Kier molecular flexibility index (Phi) is 4.07. The number of benzene rings is 2. The van der Waals surface area contributed by atoms with E-state index in [4.69, 9.17) is 0 Å². The summed E-state index contributed by atoms with van der Waals surface area (Å²) < 4.78 is 2.20. The summed E-state index contributed by atoms with van der Waals surface area (Å²) in [6.07, 6.45) is 0. The molecule has 0 saturated carbocycles. The minimum atomic E-state index is 0. The van der Waals surface area contributed by atoms with E-state index in [0.717, 1.165) is 23.5 Å². The predicted octanol–water partition coefficient (Wildman–Crippen LogP) is 3.55. The summed E-state index contributed by atoms with van der Waals surface area (Å²) in [7, 11) is 1.91. The van der Waals surface area contributed by atoms with Gasteiger partial charge in [0.05, 0.1) is 17.6 Å². The summed E-state index contributed by atoms with van der Waals surface area (Å²) in [5.74, 6) is 0.903. The maximum atomic E-state index is 4.58. The Morgan fingerprint density at radius 1 is 1.00 bits per heavy atom. The highest BCUT2D eigenvalue weighted by atomic mass is 35.5. The van der Waals surface area contributed by atoms with Crippen LogP contribution < -0.4 is 5.32 Å². The van der Waals surface area contributed by atoms with Gasteiger partial charge in [-0.1, -0.05) is 42.5 Å². The van der Waals surface area contributed by atoms with E-state index in [-0.39, 0.29) is 12.4 Å². The number of para-hydroxylation sites is 2. The zero-order valence-corrected chi connectivity index (χ0v) is 11.5. The second-order valence-electron chi connectivity index (χ2n) is 4.25. The van der Waals surface area contributed by atoms with Gasteiger partial charge in [0, 0.05) is 7.05 Å². The molecule has 4 heteroatoms. The van der Waals surface area contributed by atoms with Gasteiger partial charge in [-0.15, -0.1) is 12.4 Å². The molecule has 1 aromatic heterocycles. The van der Waals surface area contributed by atoms with Crippen molar-refractivity contribution in [2.45, 2.75) is 6.54 Å². The number of anilines is 1. The van der Waals surface area contributed by atoms with Crippen LogP contribution in [0.1, 0.15) is 5.56 Å². The molecule has 0 aliphatic heterocycles. The summed E-state index contributed by atoms with van der Waals surface area (Å²) >= 11 is 0. The molecule has 0 atom stereocenters. The van der Waals surface area contributed by atoms with Crippen molar-refractivity contribution < 1.29 is 0 Å². The first kappa shape index (κ1) is 13.4. The maximum absolute atomic E-state index is 4.58. The Morgan fingerprint density at radius 3 is 2.42 bits per heavy atom. The van der Waals surface area contributed by atoms with Crippen molar-refractivity contribution in [2.24, 2.45) is 0 Å². The number of rotatable bonds is 3. The number of hydrogen-bond acceptors (Lipinski definition) is 2. The minimum Gasteiger partial charge on any atom is -0.359 e. The molecule has 3 nitrogen and oxygen atoms in total. The van der Waals surface area contributed by atoms with Crippen LogP contribution in [0.15, 0.2) is 54.6 Å². The fourth-order valence-corrected chi connectivity index (χ4v) is 2.19. The molecule has 0 spiro atoms. The number of hydrogen-bond donors (Lipinski definition) is 1. The van der Waals surface area contributed by atoms with Crippen molar-refractivity contribution in [3.8, 4) is 0 Å². The zero-order chi connectivity index (χ0) is 12.4. The molecule has 1 N–H and O–H groups in total. The van der Waals surface area contributed by atoms with Crippen LogP contribution in [0.25, 0.3) is 11.0 Å². The summed E-state index contributed by atoms with van der Waals surface area (Å²) in [5.41, 5.74) is 3.46. The van der Waals surface area contributed by atoms with E-state index in [9.17, 15) is 0 Å². The Bertz CT molecular complexity index is 661. The molecule has 3 rings (SSSR count). The maximum Gasteiger partial charge on any atom is 0.203 e. The smallest absolute Gasteiger partial charge is 0.203 e. The molecule has 2 aromatic carbocycles. The van der Waals surface area contributed by atoms with Crippen molar-refractivity contribution in [3.63, 3.8) is 0 Å². The molecule has 0 unspecified atom stereocenters. The van der Waals surface area contributed by atoms with Gasteiger partial charge in [-0.05, 0) is 17.7 Å². The number of nitrogens with zero attached hydrogens (tertiary/aromatic N) is 2. The van der Waals surface area contributed by atoms with Crippen molar-refractivity contribution in [1.82, 2.24) is 9.55 Å². The third-order valence-corrected chi connectivity index (χ3v) is 3.06. The van der Waals surface area contributed by atoms with Crippen LogP contribution in [0.3, 0.4) is 0 Å². The van der Waals surface area contributed by atoms with Crippen LogP contribution in [0.5, 0.6) is 0 Å². The van der Waals surface area contributed by atoms with Gasteiger partial charge in [0.15, 0.2) is 0 Å². The van der Waals surface area contributed by atoms with Crippen LogP contribution in [0, 0.1) is 0 Å². The largest absolute Gasteiger partial charge is 0.359 e. The van der Waals surface area contributed by atoms with Crippen molar-refractivity contribution in [1.29, 1.82) is 0 Å². The lowest BCUT2D eigenvalue weighted by molar-refractivity contribution is 0.832. The fourth-order valence-electron chi connectivity index (χ4n) is 2.19. The number of nitrogens with one attached hydrogen (secondary N) is 1. The van der Waals surface area contributed by atoms with E-state index < -0.39 is 0 Å². The topological polar surface area (TPSA) is 29.9 Å². The molecule has 0 bridgehead atoms. The summed E-state index contributed by atoms with van der Waals surface area (Å²) in [4.78, 5) is 4.58. The molecule has 0 radical (unpaired) electrons. The summed E-state index contributed by atoms with van der Waals surface area (Å²) in [5, 5.41) is 3.16. The number of halogens is 1. The molecule has 3 aromatic rings. The average molecular weight is 274 g/mol. The lowest BCUT2D eigenvalue weighted by atomic mass is 10.2. The van der Waals surface area contributed by atoms with Gasteiger partial charge in [0.25, 0.3) is 0 Å². The second-order valence-corrected chi connectivity index (χ2v) is 4.25. The van der Waals surface area contributed by atoms with E-state index >= 15 is 0 Å². The third-order valence-electron chi connectivity index (χ3n) is 3.06. The molecule has 0 fully saturated rings. The van der Waals surface area contributed by atoms with Crippen LogP contribution >= 0.6 is 12.4 Å². The molecule has 1 heterocycles. The standard InChI is InChI=1S/C15H15N3.ClH/c1-16-15-17-13-9-5-6-10-14(13)18(15)11-12-7-3-2-4-8-12;/h2-10H,11H2,1H3,(H,16,17);1H. The third kappa shape index (κ3) is 2.56. The lowest BCUT2D eigenvalue weighted by Crippen LogP contribution is -2.04. The zero-order valence-electron chi connectivity index (χ0n) is 10.7. The van der Waals surface area contributed by atoms with Crippen LogP contribution in [-0.4, -0.2) is 16.6 Å². The van der Waals surface area contributed by atoms with Crippen LogP contribution in [0.2, 0.25) is 0 Å². The average Bonchev–Trinajstić information content (AvgIpc) is 2.78.